The standard InChI is InChI=1S/C10H12ClNO/c1-13-9-7(10(12)5-6-10)3-2-4-8(9)11/h2-4H,5-6,12H2,1H3. The lowest BCUT2D eigenvalue weighted by Gasteiger charge is -2.14. The van der Waals surface area contributed by atoms with E-state index in [0.29, 0.717) is 5.02 Å². The molecule has 0 aromatic heterocycles. The van der Waals surface area contributed by atoms with Crippen molar-refractivity contribution in [3.05, 3.63) is 28.8 Å². The van der Waals surface area contributed by atoms with Crippen LogP contribution in [0.15, 0.2) is 18.2 Å². The summed E-state index contributed by atoms with van der Waals surface area (Å²) in [4.78, 5) is 0. The lowest BCUT2D eigenvalue weighted by Crippen LogP contribution is -2.19. The maximum absolute atomic E-state index is 6.07. The minimum atomic E-state index is -0.184. The second-order valence-electron chi connectivity index (χ2n) is 3.48. The van der Waals surface area contributed by atoms with Gasteiger partial charge in [0.05, 0.1) is 12.1 Å². The average molecular weight is 198 g/mol. The predicted molar refractivity (Wildman–Crippen MR) is 53.1 cm³/mol. The molecule has 1 fully saturated rings. The van der Waals surface area contributed by atoms with Gasteiger partial charge in [-0.2, -0.15) is 0 Å². The van der Waals surface area contributed by atoms with Gasteiger partial charge in [0.1, 0.15) is 5.75 Å². The van der Waals surface area contributed by atoms with Crippen LogP contribution >= 0.6 is 11.6 Å². The molecule has 2 rings (SSSR count). The summed E-state index contributed by atoms with van der Waals surface area (Å²) in [6, 6.07) is 5.71. The van der Waals surface area contributed by atoms with Gasteiger partial charge in [0, 0.05) is 11.1 Å². The minimum absolute atomic E-state index is 0.184. The van der Waals surface area contributed by atoms with E-state index >= 15 is 0 Å². The van der Waals surface area contributed by atoms with E-state index in [1.54, 1.807) is 7.11 Å². The molecular formula is C10H12ClNO. The van der Waals surface area contributed by atoms with E-state index in [4.69, 9.17) is 22.1 Å². The number of para-hydroxylation sites is 1. The lowest BCUT2D eigenvalue weighted by atomic mass is 10.0. The number of rotatable bonds is 2. The van der Waals surface area contributed by atoms with E-state index < -0.39 is 0 Å². The summed E-state index contributed by atoms with van der Waals surface area (Å²) in [6.45, 7) is 0. The Balaban J connectivity index is 2.50. The summed E-state index contributed by atoms with van der Waals surface area (Å²) in [5.74, 6) is 0.726. The van der Waals surface area contributed by atoms with Crippen molar-refractivity contribution in [1.82, 2.24) is 0 Å². The van der Waals surface area contributed by atoms with Crippen molar-refractivity contribution >= 4 is 11.6 Å². The van der Waals surface area contributed by atoms with Gasteiger partial charge in [-0.15, -0.1) is 0 Å². The predicted octanol–water partition coefficient (Wildman–Crippen LogP) is 2.30. The molecule has 0 spiro atoms. The number of ether oxygens (including phenoxy) is 1. The normalized spacial score (nSPS) is 18.4. The first-order chi connectivity index (χ1) is 6.17. The van der Waals surface area contributed by atoms with Gasteiger partial charge in [-0.1, -0.05) is 23.7 Å². The summed E-state index contributed by atoms with van der Waals surface area (Å²) in [5, 5.41) is 0.636. The zero-order valence-corrected chi connectivity index (χ0v) is 8.27. The first kappa shape index (κ1) is 8.85. The molecule has 1 saturated carbocycles. The van der Waals surface area contributed by atoms with Crippen molar-refractivity contribution in [2.75, 3.05) is 7.11 Å². The molecule has 70 valence electrons. The first-order valence-corrected chi connectivity index (χ1v) is 4.67. The number of hydrogen-bond acceptors (Lipinski definition) is 2. The molecule has 1 aromatic carbocycles. The molecule has 0 bridgehead atoms. The molecule has 13 heavy (non-hydrogen) atoms. The molecule has 0 unspecified atom stereocenters. The Bertz CT molecular complexity index is 334. The molecule has 0 heterocycles. The quantitative estimate of drug-likeness (QED) is 0.790. The van der Waals surface area contributed by atoms with Crippen LogP contribution in [-0.4, -0.2) is 7.11 Å². The van der Waals surface area contributed by atoms with E-state index in [1.165, 1.54) is 0 Å². The van der Waals surface area contributed by atoms with Gasteiger partial charge in [-0.05, 0) is 18.9 Å². The highest BCUT2D eigenvalue weighted by molar-refractivity contribution is 6.32. The van der Waals surface area contributed by atoms with Crippen LogP contribution in [-0.2, 0) is 5.54 Å². The van der Waals surface area contributed by atoms with Crippen LogP contribution in [0, 0.1) is 0 Å². The van der Waals surface area contributed by atoms with Crippen LogP contribution in [0.25, 0.3) is 0 Å². The molecule has 0 radical (unpaired) electrons. The monoisotopic (exact) mass is 197 g/mol. The molecule has 0 saturated heterocycles. The Kier molecular flexibility index (Phi) is 1.97. The SMILES string of the molecule is COc1c(Cl)cccc1C1(N)CC1. The van der Waals surface area contributed by atoms with Crippen molar-refractivity contribution in [3.63, 3.8) is 0 Å². The maximum atomic E-state index is 6.07. The molecule has 1 aliphatic carbocycles. The van der Waals surface area contributed by atoms with Gasteiger partial charge in [-0.25, -0.2) is 0 Å². The van der Waals surface area contributed by atoms with Gasteiger partial charge in [0.2, 0.25) is 0 Å². The van der Waals surface area contributed by atoms with E-state index in [-0.39, 0.29) is 5.54 Å². The summed E-state index contributed by atoms with van der Waals surface area (Å²) in [6.07, 6.45) is 2.04. The minimum Gasteiger partial charge on any atom is -0.495 e. The van der Waals surface area contributed by atoms with Crippen LogP contribution in [0.4, 0.5) is 0 Å². The number of hydrogen-bond donors (Lipinski definition) is 1. The Morgan fingerprint density at radius 2 is 2.15 bits per heavy atom. The van der Waals surface area contributed by atoms with E-state index in [9.17, 15) is 0 Å². The molecule has 1 aliphatic rings. The third-order valence-corrected chi connectivity index (χ3v) is 2.79. The van der Waals surface area contributed by atoms with Crippen molar-refractivity contribution in [3.8, 4) is 5.75 Å². The van der Waals surface area contributed by atoms with Crippen LogP contribution in [0.3, 0.4) is 0 Å². The zero-order chi connectivity index (χ0) is 9.47. The highest BCUT2D eigenvalue weighted by Gasteiger charge is 2.42. The third-order valence-electron chi connectivity index (χ3n) is 2.50. The summed E-state index contributed by atoms with van der Waals surface area (Å²) in [7, 11) is 1.62. The second-order valence-corrected chi connectivity index (χ2v) is 3.88. The van der Waals surface area contributed by atoms with E-state index in [1.807, 2.05) is 18.2 Å². The fourth-order valence-corrected chi connectivity index (χ4v) is 1.76. The summed E-state index contributed by atoms with van der Waals surface area (Å²) < 4.78 is 5.23. The molecule has 1 aromatic rings. The maximum Gasteiger partial charge on any atom is 0.142 e. The van der Waals surface area contributed by atoms with Gasteiger partial charge in [-0.3, -0.25) is 0 Å². The largest absolute Gasteiger partial charge is 0.495 e. The molecule has 0 amide bonds. The molecule has 2 nitrogen and oxygen atoms in total. The van der Waals surface area contributed by atoms with Crippen molar-refractivity contribution < 1.29 is 4.74 Å². The van der Waals surface area contributed by atoms with Crippen LogP contribution < -0.4 is 10.5 Å². The number of nitrogens with two attached hydrogens (primary N) is 1. The first-order valence-electron chi connectivity index (χ1n) is 4.29. The molecular weight excluding hydrogens is 186 g/mol. The summed E-state index contributed by atoms with van der Waals surface area (Å²) >= 11 is 5.98. The van der Waals surface area contributed by atoms with Gasteiger partial charge < -0.3 is 10.5 Å². The van der Waals surface area contributed by atoms with Crippen LogP contribution in [0.5, 0.6) is 5.75 Å². The van der Waals surface area contributed by atoms with E-state index in [0.717, 1.165) is 24.2 Å². The number of benzene rings is 1. The lowest BCUT2D eigenvalue weighted by molar-refractivity contribution is 0.404. The highest BCUT2D eigenvalue weighted by Crippen LogP contribution is 2.48. The Morgan fingerprint density at radius 3 is 2.69 bits per heavy atom. The van der Waals surface area contributed by atoms with Crippen molar-refractivity contribution in [2.45, 2.75) is 18.4 Å². The van der Waals surface area contributed by atoms with Gasteiger partial charge >= 0.3 is 0 Å². The van der Waals surface area contributed by atoms with Crippen LogP contribution in [0.1, 0.15) is 18.4 Å². The third kappa shape index (κ3) is 1.40. The smallest absolute Gasteiger partial charge is 0.142 e. The fraction of sp³-hybridized carbons (Fsp3) is 0.400. The van der Waals surface area contributed by atoms with E-state index in [2.05, 4.69) is 0 Å². The second kappa shape index (κ2) is 2.89. The number of halogens is 1. The topological polar surface area (TPSA) is 35.2 Å². The fourth-order valence-electron chi connectivity index (χ4n) is 1.51. The zero-order valence-electron chi connectivity index (χ0n) is 7.51. The van der Waals surface area contributed by atoms with Crippen molar-refractivity contribution in [1.29, 1.82) is 0 Å². The van der Waals surface area contributed by atoms with Crippen molar-refractivity contribution in [2.24, 2.45) is 5.73 Å². The van der Waals surface area contributed by atoms with Gasteiger partial charge in [0.15, 0.2) is 0 Å². The summed E-state index contributed by atoms with van der Waals surface area (Å²) in [5.41, 5.74) is 6.92. The Hall–Kier alpha value is -0.730. The molecule has 0 atom stereocenters. The molecule has 0 aliphatic heterocycles. The average Bonchev–Trinajstić information content (AvgIpc) is 2.85. The number of methoxy groups -OCH3 is 1. The Morgan fingerprint density at radius 1 is 1.46 bits per heavy atom. The Labute approximate surface area is 82.6 Å². The highest BCUT2D eigenvalue weighted by atomic mass is 35.5. The molecule has 2 N–H and O–H groups in total. The van der Waals surface area contributed by atoms with Gasteiger partial charge in [0.25, 0.3) is 0 Å². The molecule has 3 heteroatoms. The van der Waals surface area contributed by atoms with Crippen LogP contribution in [0.2, 0.25) is 5.02 Å².